The van der Waals surface area contributed by atoms with Gasteiger partial charge in [0.05, 0.1) is 0 Å². The predicted molar refractivity (Wildman–Crippen MR) is 91.5 cm³/mol. The minimum absolute atomic E-state index is 0.161. The quantitative estimate of drug-likeness (QED) is 0.806. The molecule has 0 radical (unpaired) electrons. The Hall–Kier alpha value is -1.37. The summed E-state index contributed by atoms with van der Waals surface area (Å²) in [5.41, 5.74) is 1.57. The van der Waals surface area contributed by atoms with Gasteiger partial charge in [-0.3, -0.25) is 10.1 Å². The lowest BCUT2D eigenvalue weighted by Crippen LogP contribution is -2.42. The number of anilines is 1. The molecule has 0 saturated heterocycles. The average molecular weight is 372 g/mol. The van der Waals surface area contributed by atoms with E-state index in [1.54, 1.807) is 19.4 Å². The lowest BCUT2D eigenvalue weighted by molar-refractivity contribution is -0.128. The zero-order valence-corrected chi connectivity index (χ0v) is 14.9. The molecule has 122 valence electrons. The highest BCUT2D eigenvalue weighted by Crippen LogP contribution is 2.59. The number of alkyl halides is 2. The van der Waals surface area contributed by atoms with Crippen molar-refractivity contribution in [3.05, 3.63) is 35.3 Å². The number of amides is 1. The minimum atomic E-state index is -1.05. The van der Waals surface area contributed by atoms with Crippen molar-refractivity contribution >= 4 is 45.6 Å². The number of carbonyl (C=O) groups is 1. The normalized spacial score (nSPS) is 19.2. The first-order valence-electron chi connectivity index (χ1n) is 7.02. The molecule has 0 unspecified atom stereocenters. The number of nitrogens with one attached hydrogen (secondary N) is 1. The van der Waals surface area contributed by atoms with Gasteiger partial charge in [0.1, 0.15) is 15.6 Å². The van der Waals surface area contributed by atoms with Crippen LogP contribution in [0, 0.1) is 0 Å². The Balaban J connectivity index is 1.64. The highest BCUT2D eigenvalue weighted by molar-refractivity contribution is 7.13. The molecular formula is C15H15Cl2N3O2S. The molecule has 0 spiro atoms. The van der Waals surface area contributed by atoms with Gasteiger partial charge in [0.15, 0.2) is 5.60 Å². The van der Waals surface area contributed by atoms with E-state index in [9.17, 15) is 4.79 Å². The number of ether oxygens (including phenoxy) is 1. The Bertz CT molecular complexity index is 702. The first kappa shape index (κ1) is 16.5. The fourth-order valence-corrected chi connectivity index (χ4v) is 3.16. The van der Waals surface area contributed by atoms with Crippen molar-refractivity contribution < 1.29 is 9.53 Å². The lowest BCUT2D eigenvalue weighted by Gasteiger charge is -2.24. The van der Waals surface area contributed by atoms with Gasteiger partial charge in [-0.05, 0) is 38.0 Å². The summed E-state index contributed by atoms with van der Waals surface area (Å²) in [4.78, 5) is 12.3. The molecule has 2 aromatic rings. The molecule has 1 aromatic heterocycles. The monoisotopic (exact) mass is 371 g/mol. The minimum Gasteiger partial charge on any atom is -0.478 e. The van der Waals surface area contributed by atoms with Gasteiger partial charge in [0, 0.05) is 5.92 Å². The Morgan fingerprint density at radius 1 is 1.39 bits per heavy atom. The molecule has 1 fully saturated rings. The van der Waals surface area contributed by atoms with Crippen molar-refractivity contribution in [2.24, 2.45) is 0 Å². The van der Waals surface area contributed by atoms with Crippen molar-refractivity contribution in [3.63, 3.8) is 0 Å². The number of hydrogen-bond acceptors (Lipinski definition) is 5. The fraction of sp³-hybridized carbons (Fsp3) is 0.400. The summed E-state index contributed by atoms with van der Waals surface area (Å²) >= 11 is 13.4. The van der Waals surface area contributed by atoms with Crippen molar-refractivity contribution in [3.8, 4) is 5.75 Å². The van der Waals surface area contributed by atoms with Gasteiger partial charge in [0.2, 0.25) is 5.13 Å². The van der Waals surface area contributed by atoms with E-state index in [4.69, 9.17) is 27.9 Å². The van der Waals surface area contributed by atoms with E-state index in [-0.39, 0.29) is 11.8 Å². The number of rotatable bonds is 5. The zero-order valence-electron chi connectivity index (χ0n) is 12.5. The summed E-state index contributed by atoms with van der Waals surface area (Å²) < 4.78 is 5.15. The molecular weight excluding hydrogens is 357 g/mol. The number of nitrogens with zero attached hydrogens (tertiary/aromatic N) is 2. The largest absolute Gasteiger partial charge is 0.478 e. The van der Waals surface area contributed by atoms with Crippen molar-refractivity contribution in [1.29, 1.82) is 0 Å². The third kappa shape index (κ3) is 3.76. The molecule has 1 amide bonds. The van der Waals surface area contributed by atoms with E-state index in [2.05, 4.69) is 15.5 Å². The smallest absolute Gasteiger partial charge is 0.269 e. The zero-order chi connectivity index (χ0) is 16.7. The molecule has 5 nitrogen and oxygen atoms in total. The molecule has 1 aliphatic rings. The van der Waals surface area contributed by atoms with Crippen LogP contribution < -0.4 is 10.1 Å². The van der Waals surface area contributed by atoms with Crippen LogP contribution in [0.1, 0.15) is 31.7 Å². The van der Waals surface area contributed by atoms with Crippen LogP contribution in [0.25, 0.3) is 0 Å². The van der Waals surface area contributed by atoms with Gasteiger partial charge < -0.3 is 4.74 Å². The summed E-state index contributed by atoms with van der Waals surface area (Å²) in [6, 6.07) is 7.48. The Morgan fingerprint density at radius 2 is 2.04 bits per heavy atom. The van der Waals surface area contributed by atoms with Crippen LogP contribution in [0.5, 0.6) is 5.75 Å². The summed E-state index contributed by atoms with van der Waals surface area (Å²) in [5.74, 6) is 0.469. The fourth-order valence-electron chi connectivity index (χ4n) is 2.16. The SMILES string of the molecule is CC(C)(Oc1ccc([C@@H]2CC2(Cl)Cl)cc1)C(=O)Nc1nncs1. The number of halogens is 2. The van der Waals surface area contributed by atoms with Crippen LogP contribution >= 0.6 is 34.5 Å². The van der Waals surface area contributed by atoms with Crippen molar-refractivity contribution in [2.75, 3.05) is 5.32 Å². The summed E-state index contributed by atoms with van der Waals surface area (Å²) in [6.45, 7) is 3.39. The van der Waals surface area contributed by atoms with Crippen LogP contribution in [-0.2, 0) is 4.79 Å². The molecule has 23 heavy (non-hydrogen) atoms. The van der Waals surface area contributed by atoms with Crippen LogP contribution in [0.4, 0.5) is 5.13 Å². The maximum Gasteiger partial charge on any atom is 0.269 e. The molecule has 3 rings (SSSR count). The van der Waals surface area contributed by atoms with Crippen molar-refractivity contribution in [1.82, 2.24) is 10.2 Å². The van der Waals surface area contributed by atoms with Gasteiger partial charge in [0.25, 0.3) is 5.91 Å². The molecule has 1 heterocycles. The third-order valence-corrected chi connectivity index (χ3v) is 5.05. The average Bonchev–Trinajstić information content (AvgIpc) is 2.87. The third-order valence-electron chi connectivity index (χ3n) is 3.61. The summed E-state index contributed by atoms with van der Waals surface area (Å²) in [6.07, 6.45) is 0.756. The topological polar surface area (TPSA) is 64.1 Å². The molecule has 8 heteroatoms. The van der Waals surface area contributed by atoms with Gasteiger partial charge in [-0.15, -0.1) is 33.4 Å². The van der Waals surface area contributed by atoms with Gasteiger partial charge in [-0.2, -0.15) is 0 Å². The molecule has 1 atom stereocenters. The van der Waals surface area contributed by atoms with Crippen LogP contribution in [-0.4, -0.2) is 26.0 Å². The van der Waals surface area contributed by atoms with E-state index in [0.717, 1.165) is 12.0 Å². The predicted octanol–water partition coefficient (Wildman–Crippen LogP) is 4.00. The van der Waals surface area contributed by atoms with E-state index in [0.29, 0.717) is 10.9 Å². The Labute approximate surface area is 148 Å². The molecule has 1 aromatic carbocycles. The van der Waals surface area contributed by atoms with Crippen LogP contribution in [0.2, 0.25) is 0 Å². The van der Waals surface area contributed by atoms with Crippen LogP contribution in [0.3, 0.4) is 0 Å². The first-order chi connectivity index (χ1) is 10.8. The second kappa shape index (κ2) is 5.92. The molecule has 1 aliphatic carbocycles. The number of hydrogen-bond donors (Lipinski definition) is 1. The van der Waals surface area contributed by atoms with Crippen molar-refractivity contribution in [2.45, 2.75) is 36.1 Å². The van der Waals surface area contributed by atoms with Crippen LogP contribution in [0.15, 0.2) is 29.8 Å². The highest BCUT2D eigenvalue weighted by Gasteiger charge is 2.52. The number of aromatic nitrogens is 2. The van der Waals surface area contributed by atoms with Gasteiger partial charge in [-0.25, -0.2) is 0 Å². The maximum atomic E-state index is 12.3. The Morgan fingerprint density at radius 3 is 2.57 bits per heavy atom. The van der Waals surface area contributed by atoms with E-state index < -0.39 is 9.93 Å². The second-order valence-corrected chi connectivity index (χ2v) is 8.27. The molecule has 1 N–H and O–H groups in total. The van der Waals surface area contributed by atoms with E-state index in [1.165, 1.54) is 11.3 Å². The van der Waals surface area contributed by atoms with E-state index >= 15 is 0 Å². The Kier molecular flexibility index (Phi) is 4.25. The number of carbonyl (C=O) groups excluding carboxylic acids is 1. The first-order valence-corrected chi connectivity index (χ1v) is 8.66. The van der Waals surface area contributed by atoms with E-state index in [1.807, 2.05) is 24.3 Å². The summed E-state index contributed by atoms with van der Waals surface area (Å²) in [5, 5.41) is 10.6. The van der Waals surface area contributed by atoms with Gasteiger partial charge >= 0.3 is 0 Å². The standard InChI is InChI=1S/C15H15Cl2N3O2S/c1-14(2,12(21)19-13-20-18-8-23-13)22-10-5-3-9(4-6-10)11-7-15(11,16)17/h3-6,8,11H,7H2,1-2H3,(H,19,20,21)/t11-/m0/s1. The maximum absolute atomic E-state index is 12.3. The molecule has 1 saturated carbocycles. The summed E-state index contributed by atoms with van der Waals surface area (Å²) in [7, 11) is 0. The molecule has 0 bridgehead atoms. The molecule has 0 aliphatic heterocycles. The number of benzene rings is 1. The lowest BCUT2D eigenvalue weighted by atomic mass is 10.1. The highest BCUT2D eigenvalue weighted by atomic mass is 35.5. The second-order valence-electron chi connectivity index (χ2n) is 5.90. The van der Waals surface area contributed by atoms with Gasteiger partial charge in [-0.1, -0.05) is 23.5 Å².